The Labute approximate surface area is 171 Å². The van der Waals surface area contributed by atoms with Gasteiger partial charge in [0.1, 0.15) is 16.6 Å². The van der Waals surface area contributed by atoms with Gasteiger partial charge >= 0.3 is 0 Å². The van der Waals surface area contributed by atoms with Gasteiger partial charge in [-0.1, -0.05) is 11.6 Å². The number of hydrogen-bond donors (Lipinski definition) is 2. The Bertz CT molecular complexity index is 1210. The number of benzene rings is 1. The molecular formula is C20H18ClFN6O. The molecule has 0 aliphatic carbocycles. The first-order valence-electron chi connectivity index (χ1n) is 8.83. The van der Waals surface area contributed by atoms with Crippen molar-refractivity contribution >= 4 is 23.2 Å². The zero-order chi connectivity index (χ0) is 20.9. The van der Waals surface area contributed by atoms with Gasteiger partial charge in [0, 0.05) is 11.3 Å². The van der Waals surface area contributed by atoms with E-state index in [9.17, 15) is 9.50 Å². The van der Waals surface area contributed by atoms with Crippen molar-refractivity contribution < 1.29 is 9.50 Å². The Morgan fingerprint density at radius 2 is 1.76 bits per heavy atom. The van der Waals surface area contributed by atoms with Gasteiger partial charge in [0.2, 0.25) is 5.95 Å². The summed E-state index contributed by atoms with van der Waals surface area (Å²) < 4.78 is 14.8. The topological polar surface area (TPSA) is 102 Å². The first-order valence-corrected chi connectivity index (χ1v) is 9.21. The van der Waals surface area contributed by atoms with Crippen molar-refractivity contribution in [1.29, 1.82) is 0 Å². The summed E-state index contributed by atoms with van der Waals surface area (Å²) in [5, 5.41) is 15.0. The smallest absolute Gasteiger partial charge is 0.223 e. The van der Waals surface area contributed by atoms with Gasteiger partial charge in [-0.05, 0) is 62.7 Å². The van der Waals surface area contributed by atoms with Crippen molar-refractivity contribution in [3.63, 3.8) is 0 Å². The molecule has 4 aromatic rings. The van der Waals surface area contributed by atoms with Crippen LogP contribution in [0.3, 0.4) is 0 Å². The van der Waals surface area contributed by atoms with E-state index in [2.05, 4.69) is 20.1 Å². The highest BCUT2D eigenvalue weighted by atomic mass is 35.5. The minimum absolute atomic E-state index is 0.0861. The summed E-state index contributed by atoms with van der Waals surface area (Å²) in [6.07, 6.45) is 0. The van der Waals surface area contributed by atoms with Gasteiger partial charge < -0.3 is 10.8 Å². The number of fused-ring (bicyclic) bond motifs is 1. The van der Waals surface area contributed by atoms with Crippen LogP contribution < -0.4 is 5.73 Å². The molecule has 3 aromatic heterocycles. The van der Waals surface area contributed by atoms with E-state index >= 15 is 0 Å². The van der Waals surface area contributed by atoms with Crippen LogP contribution in [-0.2, 0) is 5.60 Å². The van der Waals surface area contributed by atoms with Crippen LogP contribution in [0.5, 0.6) is 0 Å². The Morgan fingerprint density at radius 1 is 1.07 bits per heavy atom. The van der Waals surface area contributed by atoms with E-state index in [1.165, 1.54) is 16.6 Å². The van der Waals surface area contributed by atoms with Gasteiger partial charge in [-0.25, -0.2) is 19.3 Å². The van der Waals surface area contributed by atoms with E-state index < -0.39 is 5.60 Å². The van der Waals surface area contributed by atoms with E-state index in [0.29, 0.717) is 38.9 Å². The Balaban J connectivity index is 2.12. The minimum atomic E-state index is -1.28. The van der Waals surface area contributed by atoms with E-state index in [1.54, 1.807) is 32.0 Å². The molecule has 1 aromatic carbocycles. The van der Waals surface area contributed by atoms with Crippen LogP contribution in [0.15, 0.2) is 36.4 Å². The molecule has 29 heavy (non-hydrogen) atoms. The Morgan fingerprint density at radius 3 is 2.38 bits per heavy atom. The first kappa shape index (κ1) is 19.2. The van der Waals surface area contributed by atoms with Crippen LogP contribution in [0.4, 0.5) is 10.3 Å². The largest absolute Gasteiger partial charge is 0.382 e. The molecule has 4 rings (SSSR count). The summed E-state index contributed by atoms with van der Waals surface area (Å²) in [5.41, 5.74) is 8.41. The third-order valence-corrected chi connectivity index (χ3v) is 4.58. The van der Waals surface area contributed by atoms with Crippen LogP contribution in [0.25, 0.3) is 28.0 Å². The summed E-state index contributed by atoms with van der Waals surface area (Å²) >= 11 is 6.19. The molecule has 148 valence electrons. The van der Waals surface area contributed by atoms with Gasteiger partial charge in [0.05, 0.1) is 11.3 Å². The molecule has 0 aliphatic heterocycles. The van der Waals surface area contributed by atoms with E-state index in [1.807, 2.05) is 13.0 Å². The third-order valence-electron chi connectivity index (χ3n) is 4.39. The minimum Gasteiger partial charge on any atom is -0.382 e. The van der Waals surface area contributed by atoms with E-state index in [0.717, 1.165) is 0 Å². The second kappa shape index (κ2) is 6.75. The number of halogens is 2. The fraction of sp³-hybridized carbons (Fsp3) is 0.200. The predicted octanol–water partition coefficient (Wildman–Crippen LogP) is 3.76. The molecule has 0 amide bonds. The second-order valence-corrected chi connectivity index (χ2v) is 7.64. The average molecular weight is 413 g/mol. The van der Waals surface area contributed by atoms with Crippen LogP contribution in [0, 0.1) is 12.7 Å². The van der Waals surface area contributed by atoms with Crippen LogP contribution in [0.2, 0.25) is 5.15 Å². The molecule has 3 N–H and O–H groups in total. The molecule has 0 bridgehead atoms. The van der Waals surface area contributed by atoms with Gasteiger partial charge in [-0.15, -0.1) is 5.10 Å². The van der Waals surface area contributed by atoms with E-state index in [-0.39, 0.29) is 17.6 Å². The number of anilines is 1. The van der Waals surface area contributed by atoms with Crippen molar-refractivity contribution in [2.45, 2.75) is 26.4 Å². The molecule has 0 atom stereocenters. The molecule has 9 heteroatoms. The Kier molecular flexibility index (Phi) is 4.48. The number of pyridine rings is 1. The van der Waals surface area contributed by atoms with Gasteiger partial charge in [-0.2, -0.15) is 4.52 Å². The molecule has 0 fully saturated rings. The quantitative estimate of drug-likeness (QED) is 0.496. The number of aryl methyl sites for hydroxylation is 1. The Hall–Kier alpha value is -3.10. The summed E-state index contributed by atoms with van der Waals surface area (Å²) in [4.78, 5) is 13.2. The van der Waals surface area contributed by atoms with Crippen LogP contribution >= 0.6 is 11.6 Å². The summed E-state index contributed by atoms with van der Waals surface area (Å²) in [5.74, 6) is -0.0812. The fourth-order valence-electron chi connectivity index (χ4n) is 3.07. The maximum absolute atomic E-state index is 13.5. The molecule has 0 saturated carbocycles. The number of hydrogen-bond acceptors (Lipinski definition) is 6. The number of aliphatic hydroxyl groups is 1. The van der Waals surface area contributed by atoms with Crippen molar-refractivity contribution in [2.75, 3.05) is 5.73 Å². The average Bonchev–Trinajstić information content (AvgIpc) is 3.07. The molecular weight excluding hydrogens is 395 g/mol. The lowest BCUT2D eigenvalue weighted by Crippen LogP contribution is -2.17. The SMILES string of the molecule is Cc1cc(-c2c(-c3ccc(F)cc3)nc(N)n3nc(C(C)(C)O)nc23)cc(Cl)n1. The van der Waals surface area contributed by atoms with Crippen molar-refractivity contribution in [1.82, 2.24) is 24.6 Å². The van der Waals surface area contributed by atoms with Crippen LogP contribution in [-0.4, -0.2) is 29.7 Å². The zero-order valence-electron chi connectivity index (χ0n) is 16.0. The molecule has 0 unspecified atom stereocenters. The maximum Gasteiger partial charge on any atom is 0.223 e. The normalized spacial score (nSPS) is 11.9. The van der Waals surface area contributed by atoms with Crippen molar-refractivity contribution in [3.05, 3.63) is 58.9 Å². The summed E-state index contributed by atoms with van der Waals surface area (Å²) in [7, 11) is 0. The zero-order valence-corrected chi connectivity index (χ0v) is 16.7. The molecule has 3 heterocycles. The number of nitrogens with zero attached hydrogens (tertiary/aromatic N) is 5. The molecule has 0 spiro atoms. The van der Waals surface area contributed by atoms with Crippen molar-refractivity contribution in [2.24, 2.45) is 0 Å². The predicted molar refractivity (Wildman–Crippen MR) is 109 cm³/mol. The highest BCUT2D eigenvalue weighted by Crippen LogP contribution is 2.36. The summed E-state index contributed by atoms with van der Waals surface area (Å²) in [6, 6.07) is 9.44. The highest BCUT2D eigenvalue weighted by molar-refractivity contribution is 6.29. The third kappa shape index (κ3) is 3.52. The molecule has 0 saturated heterocycles. The number of nitrogens with two attached hydrogens (primary N) is 1. The number of aromatic nitrogens is 5. The molecule has 0 aliphatic rings. The van der Waals surface area contributed by atoms with Gasteiger partial charge in [0.25, 0.3) is 0 Å². The molecule has 0 radical (unpaired) electrons. The van der Waals surface area contributed by atoms with Gasteiger partial charge in [0.15, 0.2) is 11.5 Å². The lowest BCUT2D eigenvalue weighted by molar-refractivity contribution is 0.0690. The first-order chi connectivity index (χ1) is 13.6. The van der Waals surface area contributed by atoms with Crippen molar-refractivity contribution in [3.8, 4) is 22.4 Å². The summed E-state index contributed by atoms with van der Waals surface area (Å²) in [6.45, 7) is 4.99. The molecule has 7 nitrogen and oxygen atoms in total. The lowest BCUT2D eigenvalue weighted by atomic mass is 10.00. The number of rotatable bonds is 3. The lowest BCUT2D eigenvalue weighted by Gasteiger charge is -2.12. The number of nitrogen functional groups attached to an aromatic ring is 1. The maximum atomic E-state index is 13.5. The fourth-order valence-corrected chi connectivity index (χ4v) is 3.32. The highest BCUT2D eigenvalue weighted by Gasteiger charge is 2.26. The second-order valence-electron chi connectivity index (χ2n) is 7.25. The standard InChI is InChI=1S/C20H18ClFN6O/c1-10-8-12(9-14(21)24-10)15-16(11-4-6-13(22)7-5-11)25-19(23)28-17(15)26-18(27-28)20(2,3)29/h4-9,29H,1-3H3,(H2,23,25). The van der Waals surface area contributed by atoms with Gasteiger partial charge in [-0.3, -0.25) is 0 Å². The van der Waals surface area contributed by atoms with E-state index in [4.69, 9.17) is 17.3 Å². The monoisotopic (exact) mass is 412 g/mol. The van der Waals surface area contributed by atoms with Crippen LogP contribution in [0.1, 0.15) is 25.4 Å².